The maximum absolute atomic E-state index is 12.1. The lowest BCUT2D eigenvalue weighted by Crippen LogP contribution is -2.42. The molecule has 1 heterocycles. The van der Waals surface area contributed by atoms with Crippen LogP contribution < -0.4 is 10.6 Å². The third-order valence-corrected chi connectivity index (χ3v) is 7.88. The molecule has 1 aromatic heterocycles. The second kappa shape index (κ2) is 10.0. The number of aliphatic hydroxyl groups excluding tert-OH is 1. The number of benzene rings is 1. The van der Waals surface area contributed by atoms with Crippen LogP contribution >= 0.6 is 35.3 Å². The van der Waals surface area contributed by atoms with E-state index in [0.717, 1.165) is 15.0 Å². The molecule has 3 N–H and O–H groups in total. The highest BCUT2D eigenvalue weighted by molar-refractivity contribution is 14.0. The number of hydrogen-bond acceptors (Lipinski definition) is 5. The van der Waals surface area contributed by atoms with Crippen LogP contribution in [-0.4, -0.2) is 50.1 Å². The molecule has 9 heteroatoms. The lowest BCUT2D eigenvalue weighted by atomic mass is 10.2. The average Bonchev–Trinajstić information content (AvgIpc) is 3.00. The molecule has 0 radical (unpaired) electrons. The molecule has 1 aromatic carbocycles. The van der Waals surface area contributed by atoms with Crippen molar-refractivity contribution in [1.29, 1.82) is 0 Å². The fourth-order valence-electron chi connectivity index (χ4n) is 2.29. The van der Waals surface area contributed by atoms with Crippen molar-refractivity contribution < 1.29 is 13.5 Å². The van der Waals surface area contributed by atoms with Gasteiger partial charge in [-0.3, -0.25) is 4.99 Å². The molecular formula is C18H28IN3O3S2. The maximum atomic E-state index is 12.1. The van der Waals surface area contributed by atoms with Crippen LogP contribution in [0.15, 0.2) is 35.3 Å². The van der Waals surface area contributed by atoms with E-state index in [2.05, 4.69) is 15.6 Å². The van der Waals surface area contributed by atoms with Crippen LogP contribution in [0, 0.1) is 0 Å². The Labute approximate surface area is 182 Å². The van der Waals surface area contributed by atoms with Crippen molar-refractivity contribution in [2.24, 2.45) is 4.99 Å². The Kier molecular flexibility index (Phi) is 8.97. The molecule has 0 spiro atoms. The predicted molar refractivity (Wildman–Crippen MR) is 125 cm³/mol. The number of sulfone groups is 1. The minimum Gasteiger partial charge on any atom is -0.386 e. The molecular weight excluding hydrogens is 497 g/mol. The molecule has 0 fully saturated rings. The average molecular weight is 525 g/mol. The number of guanidine groups is 1. The quantitative estimate of drug-likeness (QED) is 0.307. The van der Waals surface area contributed by atoms with E-state index >= 15 is 0 Å². The zero-order valence-electron chi connectivity index (χ0n) is 16.0. The van der Waals surface area contributed by atoms with Crippen LogP contribution in [0.3, 0.4) is 0 Å². The SMILES string of the molecule is CN=C(NCCS(=O)(=O)C(C)(C)C)NCC(O)c1cc2ccccc2s1.I. The molecule has 152 valence electrons. The molecule has 0 aliphatic carbocycles. The minimum atomic E-state index is -3.18. The summed E-state index contributed by atoms with van der Waals surface area (Å²) in [7, 11) is -1.57. The van der Waals surface area contributed by atoms with Crippen molar-refractivity contribution in [3.63, 3.8) is 0 Å². The van der Waals surface area contributed by atoms with Gasteiger partial charge in [0, 0.05) is 29.7 Å². The number of rotatable bonds is 6. The van der Waals surface area contributed by atoms with Crippen molar-refractivity contribution >= 4 is 61.2 Å². The zero-order valence-corrected chi connectivity index (χ0v) is 20.0. The molecule has 0 bridgehead atoms. The van der Waals surface area contributed by atoms with Gasteiger partial charge < -0.3 is 15.7 Å². The largest absolute Gasteiger partial charge is 0.386 e. The van der Waals surface area contributed by atoms with Crippen LogP contribution in [-0.2, 0) is 9.84 Å². The Hall–Kier alpha value is -0.910. The summed E-state index contributed by atoms with van der Waals surface area (Å²) in [6.07, 6.45) is -0.663. The van der Waals surface area contributed by atoms with Gasteiger partial charge in [-0.05, 0) is 38.3 Å². The fraction of sp³-hybridized carbons (Fsp3) is 0.500. The number of fused-ring (bicyclic) bond motifs is 1. The monoisotopic (exact) mass is 525 g/mol. The lowest BCUT2D eigenvalue weighted by Gasteiger charge is -2.20. The number of hydrogen-bond donors (Lipinski definition) is 3. The van der Waals surface area contributed by atoms with E-state index in [1.54, 1.807) is 39.2 Å². The summed E-state index contributed by atoms with van der Waals surface area (Å²) in [5, 5.41) is 17.5. The standard InChI is InChI=1S/C18H27N3O3S2.HI/c1-18(2,3)26(23,24)10-9-20-17(19-4)21-12-14(22)16-11-13-7-5-6-8-15(13)25-16;/h5-8,11,14,22H,9-10,12H2,1-4H3,(H2,19,20,21);1H. The summed E-state index contributed by atoms with van der Waals surface area (Å²) in [6.45, 7) is 5.63. The molecule has 0 amide bonds. The molecule has 1 unspecified atom stereocenters. The normalized spacial score (nSPS) is 13.9. The molecule has 0 aliphatic rings. The highest BCUT2D eigenvalue weighted by Gasteiger charge is 2.28. The molecule has 0 aliphatic heterocycles. The molecule has 2 aromatic rings. The Balaban J connectivity index is 0.00000364. The summed E-state index contributed by atoms with van der Waals surface area (Å²) in [5.74, 6) is 0.491. The molecule has 1 atom stereocenters. The number of aliphatic imine (C=N–C) groups is 1. The summed E-state index contributed by atoms with van der Waals surface area (Å²) >= 11 is 1.56. The van der Waals surface area contributed by atoms with Gasteiger partial charge in [0.05, 0.1) is 10.5 Å². The second-order valence-corrected chi connectivity index (χ2v) is 11.0. The number of thiophene rings is 1. The highest BCUT2D eigenvalue weighted by Crippen LogP contribution is 2.29. The lowest BCUT2D eigenvalue weighted by molar-refractivity contribution is 0.184. The Bertz CT molecular complexity index is 840. The second-order valence-electron chi connectivity index (χ2n) is 7.01. The summed E-state index contributed by atoms with van der Waals surface area (Å²) < 4.78 is 24.6. The molecule has 2 rings (SSSR count). The van der Waals surface area contributed by atoms with E-state index in [9.17, 15) is 13.5 Å². The van der Waals surface area contributed by atoms with Gasteiger partial charge in [-0.2, -0.15) is 0 Å². The van der Waals surface area contributed by atoms with Crippen molar-refractivity contribution in [2.75, 3.05) is 25.9 Å². The zero-order chi connectivity index (χ0) is 19.4. The van der Waals surface area contributed by atoms with E-state index in [0.29, 0.717) is 12.5 Å². The van der Waals surface area contributed by atoms with Crippen LogP contribution in [0.1, 0.15) is 31.8 Å². The third-order valence-electron chi connectivity index (χ3n) is 4.06. The van der Waals surface area contributed by atoms with Gasteiger partial charge in [0.2, 0.25) is 0 Å². The first-order valence-corrected chi connectivity index (χ1v) is 10.9. The minimum absolute atomic E-state index is 0. The topological polar surface area (TPSA) is 90.8 Å². The smallest absolute Gasteiger partial charge is 0.191 e. The first-order valence-electron chi connectivity index (χ1n) is 8.47. The van der Waals surface area contributed by atoms with Crippen LogP contribution in [0.4, 0.5) is 0 Å². The van der Waals surface area contributed by atoms with E-state index in [4.69, 9.17) is 0 Å². The molecule has 0 saturated carbocycles. The summed E-state index contributed by atoms with van der Waals surface area (Å²) in [6, 6.07) is 9.98. The summed E-state index contributed by atoms with van der Waals surface area (Å²) in [5.41, 5.74) is 0. The van der Waals surface area contributed by atoms with Gasteiger partial charge in [-0.15, -0.1) is 35.3 Å². The first kappa shape index (κ1) is 24.1. The number of halogens is 1. The number of aliphatic hydroxyl groups is 1. The Morgan fingerprint density at radius 1 is 1.26 bits per heavy atom. The van der Waals surface area contributed by atoms with Crippen molar-refractivity contribution in [2.45, 2.75) is 31.6 Å². The van der Waals surface area contributed by atoms with Crippen LogP contribution in [0.25, 0.3) is 10.1 Å². The van der Waals surface area contributed by atoms with Gasteiger partial charge >= 0.3 is 0 Å². The summed E-state index contributed by atoms with van der Waals surface area (Å²) in [4.78, 5) is 4.95. The predicted octanol–water partition coefficient (Wildman–Crippen LogP) is 2.93. The highest BCUT2D eigenvalue weighted by atomic mass is 127. The van der Waals surface area contributed by atoms with Crippen LogP contribution in [0.2, 0.25) is 0 Å². The van der Waals surface area contributed by atoms with Gasteiger partial charge in [0.1, 0.15) is 6.10 Å². The van der Waals surface area contributed by atoms with Gasteiger partial charge in [0.15, 0.2) is 15.8 Å². The fourth-order valence-corrected chi connectivity index (χ4v) is 4.32. The van der Waals surface area contributed by atoms with Gasteiger partial charge in [-0.25, -0.2) is 8.42 Å². The maximum Gasteiger partial charge on any atom is 0.191 e. The number of nitrogens with zero attached hydrogens (tertiary/aromatic N) is 1. The third kappa shape index (κ3) is 6.58. The molecule has 6 nitrogen and oxygen atoms in total. The van der Waals surface area contributed by atoms with Gasteiger partial charge in [-0.1, -0.05) is 18.2 Å². The van der Waals surface area contributed by atoms with Crippen LogP contribution in [0.5, 0.6) is 0 Å². The molecule has 27 heavy (non-hydrogen) atoms. The Morgan fingerprint density at radius 3 is 2.52 bits per heavy atom. The van der Waals surface area contributed by atoms with E-state index in [1.807, 2.05) is 30.3 Å². The molecule has 0 saturated heterocycles. The Morgan fingerprint density at radius 2 is 1.93 bits per heavy atom. The van der Waals surface area contributed by atoms with E-state index < -0.39 is 20.7 Å². The van der Waals surface area contributed by atoms with Crippen molar-refractivity contribution in [1.82, 2.24) is 10.6 Å². The van der Waals surface area contributed by atoms with Crippen molar-refractivity contribution in [3.8, 4) is 0 Å². The van der Waals surface area contributed by atoms with Gasteiger partial charge in [0.25, 0.3) is 0 Å². The van der Waals surface area contributed by atoms with Crippen molar-refractivity contribution in [3.05, 3.63) is 35.2 Å². The first-order chi connectivity index (χ1) is 12.1. The van der Waals surface area contributed by atoms with E-state index in [-0.39, 0.29) is 36.3 Å². The number of nitrogens with one attached hydrogen (secondary N) is 2. The van der Waals surface area contributed by atoms with E-state index in [1.165, 1.54) is 0 Å².